The van der Waals surface area contributed by atoms with Crippen LogP contribution in [0, 0.1) is 29.1 Å². The van der Waals surface area contributed by atoms with Gasteiger partial charge in [-0.05, 0) is 90.4 Å². The number of hydrogen-bond donors (Lipinski definition) is 0. The predicted octanol–water partition coefficient (Wildman–Crippen LogP) is 9.88. The Morgan fingerprint density at radius 3 is 1.89 bits per heavy atom. The molecule has 0 saturated heterocycles. The first-order valence-corrected chi connectivity index (χ1v) is 13.4. The number of benzene rings is 4. The molecule has 0 nitrogen and oxygen atoms in total. The highest BCUT2D eigenvalue weighted by molar-refractivity contribution is 6.30. The third kappa shape index (κ3) is 6.74. The lowest BCUT2D eigenvalue weighted by molar-refractivity contribution is 0.549. The van der Waals surface area contributed by atoms with Crippen molar-refractivity contribution in [2.45, 2.75) is 64.7 Å². The molecule has 0 aromatic heterocycles. The third-order valence-electron chi connectivity index (χ3n) is 7.01. The fraction of sp³-hybridized carbons (Fsp3) is 0.312. The summed E-state index contributed by atoms with van der Waals surface area (Å²) < 4.78 is 71.9. The molecule has 0 fully saturated rings. The zero-order valence-electron chi connectivity index (χ0n) is 21.3. The highest BCUT2D eigenvalue weighted by Gasteiger charge is 2.14. The summed E-state index contributed by atoms with van der Waals surface area (Å²) in [7, 11) is 0. The summed E-state index contributed by atoms with van der Waals surface area (Å²) in [5.41, 5.74) is 2.42. The van der Waals surface area contributed by atoms with Gasteiger partial charge in [-0.25, -0.2) is 22.0 Å². The van der Waals surface area contributed by atoms with Gasteiger partial charge in [0.25, 0.3) is 0 Å². The van der Waals surface area contributed by atoms with Crippen molar-refractivity contribution in [3.05, 3.63) is 117 Å². The monoisotopic (exact) mass is 544 g/mol. The van der Waals surface area contributed by atoms with Crippen LogP contribution in [0.25, 0.3) is 10.8 Å². The normalized spacial score (nSPS) is 11.4. The van der Waals surface area contributed by atoms with Gasteiger partial charge < -0.3 is 0 Å². The van der Waals surface area contributed by atoms with E-state index < -0.39 is 34.1 Å². The Kier molecular flexibility index (Phi) is 9.43. The summed E-state index contributed by atoms with van der Waals surface area (Å²) in [6.07, 6.45) is 5.99. The Bertz CT molecular complexity index is 1380. The topological polar surface area (TPSA) is 0 Å². The first-order valence-electron chi connectivity index (χ1n) is 13.1. The van der Waals surface area contributed by atoms with Gasteiger partial charge in [0.15, 0.2) is 0 Å². The molecule has 0 amide bonds. The van der Waals surface area contributed by atoms with Gasteiger partial charge in [0.2, 0.25) is 0 Å². The van der Waals surface area contributed by atoms with E-state index in [1.807, 2.05) is 6.07 Å². The summed E-state index contributed by atoms with van der Waals surface area (Å²) in [6.45, 7) is 2.12. The minimum atomic E-state index is -0.841. The molecule has 0 bridgehead atoms. The number of hydrogen-bond acceptors (Lipinski definition) is 0. The third-order valence-corrected chi connectivity index (χ3v) is 7.37. The van der Waals surface area contributed by atoms with Crippen LogP contribution in [0.4, 0.5) is 22.0 Å². The Morgan fingerprint density at radius 2 is 1.21 bits per heavy atom. The Balaban J connectivity index is 1.42. The van der Waals surface area contributed by atoms with Crippen molar-refractivity contribution in [2.75, 3.05) is 0 Å². The summed E-state index contributed by atoms with van der Waals surface area (Å²) in [5, 5.41) is 0.543. The van der Waals surface area contributed by atoms with Crippen molar-refractivity contribution >= 4 is 22.4 Å². The van der Waals surface area contributed by atoms with Crippen LogP contribution in [0.1, 0.15) is 60.4 Å². The maximum absolute atomic E-state index is 15.2. The SMILES string of the molecule is CCCCCCc1cc(F)c(CCc2ccc3c(F)c(CCc4cc(F)c(Cl)c(F)c4)ccc3c2)c(F)c1. The van der Waals surface area contributed by atoms with Crippen LogP contribution in [0.5, 0.6) is 0 Å². The molecular formula is C32H30ClF5. The van der Waals surface area contributed by atoms with Gasteiger partial charge >= 0.3 is 0 Å². The van der Waals surface area contributed by atoms with Crippen molar-refractivity contribution < 1.29 is 22.0 Å². The Morgan fingerprint density at radius 1 is 0.579 bits per heavy atom. The number of halogens is 6. The van der Waals surface area contributed by atoms with Crippen LogP contribution in [-0.2, 0) is 32.1 Å². The van der Waals surface area contributed by atoms with Gasteiger partial charge in [0, 0.05) is 10.9 Å². The van der Waals surface area contributed by atoms with E-state index in [4.69, 9.17) is 11.6 Å². The molecule has 0 aliphatic carbocycles. The maximum atomic E-state index is 15.2. The van der Waals surface area contributed by atoms with Crippen molar-refractivity contribution in [2.24, 2.45) is 0 Å². The zero-order valence-corrected chi connectivity index (χ0v) is 22.1. The van der Waals surface area contributed by atoms with Crippen molar-refractivity contribution in [3.63, 3.8) is 0 Å². The second-order valence-electron chi connectivity index (χ2n) is 9.82. The number of fused-ring (bicyclic) bond motifs is 1. The van der Waals surface area contributed by atoms with Gasteiger partial charge in [-0.15, -0.1) is 0 Å². The lowest BCUT2D eigenvalue weighted by Crippen LogP contribution is -2.02. The first kappa shape index (κ1) is 28.1. The van der Waals surface area contributed by atoms with Gasteiger partial charge in [-0.1, -0.05) is 68.1 Å². The van der Waals surface area contributed by atoms with E-state index in [0.717, 1.165) is 43.4 Å². The van der Waals surface area contributed by atoms with Crippen LogP contribution in [-0.4, -0.2) is 0 Å². The van der Waals surface area contributed by atoms with E-state index in [1.54, 1.807) is 24.3 Å². The second-order valence-corrected chi connectivity index (χ2v) is 10.2. The molecule has 0 spiro atoms. The minimum Gasteiger partial charge on any atom is -0.207 e. The Labute approximate surface area is 225 Å². The van der Waals surface area contributed by atoms with Crippen LogP contribution >= 0.6 is 11.6 Å². The van der Waals surface area contributed by atoms with Crippen molar-refractivity contribution in [1.82, 2.24) is 0 Å². The van der Waals surface area contributed by atoms with E-state index >= 15 is 4.39 Å². The van der Waals surface area contributed by atoms with Gasteiger partial charge in [-0.2, -0.15) is 0 Å². The van der Waals surface area contributed by atoms with Gasteiger partial charge in [0.05, 0.1) is 0 Å². The zero-order chi connectivity index (χ0) is 27.2. The molecule has 0 aliphatic heterocycles. The van der Waals surface area contributed by atoms with Gasteiger partial charge in [-0.3, -0.25) is 0 Å². The summed E-state index contributed by atoms with van der Waals surface area (Å²) >= 11 is 5.53. The maximum Gasteiger partial charge on any atom is 0.145 e. The molecule has 0 aliphatic rings. The molecule has 0 atom stereocenters. The first-order chi connectivity index (χ1) is 18.3. The van der Waals surface area contributed by atoms with E-state index in [1.165, 1.54) is 12.1 Å². The number of unbranched alkanes of at least 4 members (excludes halogenated alkanes) is 3. The van der Waals surface area contributed by atoms with Crippen LogP contribution in [0.3, 0.4) is 0 Å². The molecule has 0 saturated carbocycles. The molecule has 0 heterocycles. The number of aryl methyl sites for hydroxylation is 4. The highest BCUT2D eigenvalue weighted by Crippen LogP contribution is 2.26. The lowest BCUT2D eigenvalue weighted by atomic mass is 9.96. The standard InChI is InChI=1S/C32H30ClF5/c1-2-3-4-5-6-21-16-27(34)26(28(35)17-21)14-9-20-8-13-25-24(15-20)12-11-23(32(25)38)10-7-22-18-29(36)31(33)30(37)19-22/h8,11-13,15-19H,2-7,9-10,14H2,1H3. The summed E-state index contributed by atoms with van der Waals surface area (Å²) in [5.74, 6) is -3.12. The summed E-state index contributed by atoms with van der Waals surface area (Å²) in [6, 6.07) is 13.9. The minimum absolute atomic E-state index is 0.0685. The van der Waals surface area contributed by atoms with Crippen molar-refractivity contribution in [3.8, 4) is 0 Å². The summed E-state index contributed by atoms with van der Waals surface area (Å²) in [4.78, 5) is 0. The molecule has 0 unspecified atom stereocenters. The van der Waals surface area contributed by atoms with E-state index in [-0.39, 0.29) is 24.8 Å². The van der Waals surface area contributed by atoms with Crippen LogP contribution < -0.4 is 0 Å². The fourth-order valence-corrected chi connectivity index (χ4v) is 4.94. The largest absolute Gasteiger partial charge is 0.207 e. The predicted molar refractivity (Wildman–Crippen MR) is 144 cm³/mol. The van der Waals surface area contributed by atoms with E-state index in [0.29, 0.717) is 40.3 Å². The fourth-order valence-electron chi connectivity index (χ4n) is 4.83. The van der Waals surface area contributed by atoms with E-state index in [9.17, 15) is 17.6 Å². The molecule has 4 aromatic rings. The molecule has 6 heteroatoms. The molecule has 0 radical (unpaired) electrons. The van der Waals surface area contributed by atoms with Crippen molar-refractivity contribution in [1.29, 1.82) is 0 Å². The average molecular weight is 545 g/mol. The Hall–Kier alpha value is -2.92. The average Bonchev–Trinajstić information content (AvgIpc) is 2.89. The molecule has 0 N–H and O–H groups in total. The second kappa shape index (κ2) is 12.8. The molecular weight excluding hydrogens is 515 g/mol. The molecule has 4 rings (SSSR count). The number of rotatable bonds is 11. The molecule has 200 valence electrons. The molecule has 38 heavy (non-hydrogen) atoms. The quantitative estimate of drug-likeness (QED) is 0.100. The molecule has 4 aromatic carbocycles. The lowest BCUT2D eigenvalue weighted by Gasteiger charge is -2.11. The van der Waals surface area contributed by atoms with Crippen LogP contribution in [0.15, 0.2) is 54.6 Å². The highest BCUT2D eigenvalue weighted by atomic mass is 35.5. The van der Waals surface area contributed by atoms with Gasteiger partial charge in [0.1, 0.15) is 34.1 Å². The smallest absolute Gasteiger partial charge is 0.145 e. The van der Waals surface area contributed by atoms with E-state index in [2.05, 4.69) is 6.92 Å². The van der Waals surface area contributed by atoms with Crippen LogP contribution in [0.2, 0.25) is 5.02 Å².